The van der Waals surface area contributed by atoms with Gasteiger partial charge in [0.15, 0.2) is 9.84 Å². The van der Waals surface area contributed by atoms with E-state index in [1.54, 1.807) is 7.11 Å². The standard InChI is InChI=1S/C16H26N2O4S/c1-17(7-8-18-9-11-23(20,21)12-10-18)16(13-19)14-3-5-15(22-2)6-4-14/h3-6,16,19H,7-13H2,1-2H3/t16-/m1/s1. The lowest BCUT2D eigenvalue weighted by atomic mass is 10.1. The Balaban J connectivity index is 1.88. The molecule has 0 unspecified atom stereocenters. The van der Waals surface area contributed by atoms with E-state index < -0.39 is 9.84 Å². The number of likely N-dealkylation sites (N-methyl/N-ethyl adjacent to an activating group) is 1. The third-order valence-electron chi connectivity index (χ3n) is 4.41. The SMILES string of the molecule is COc1ccc([C@@H](CO)N(C)CCN2CCS(=O)(=O)CC2)cc1. The van der Waals surface area contributed by atoms with Crippen LogP contribution in [0.4, 0.5) is 0 Å². The van der Waals surface area contributed by atoms with Gasteiger partial charge in [0.2, 0.25) is 0 Å². The molecule has 1 aromatic rings. The molecule has 130 valence electrons. The zero-order valence-corrected chi connectivity index (χ0v) is 14.6. The molecule has 1 saturated heterocycles. The van der Waals surface area contributed by atoms with E-state index >= 15 is 0 Å². The number of aliphatic hydroxyl groups is 1. The van der Waals surface area contributed by atoms with Crippen molar-refractivity contribution in [1.29, 1.82) is 0 Å². The summed E-state index contributed by atoms with van der Waals surface area (Å²) < 4.78 is 28.0. The second-order valence-corrected chi connectivity index (χ2v) is 8.25. The molecule has 1 aliphatic rings. The average molecular weight is 342 g/mol. The molecule has 23 heavy (non-hydrogen) atoms. The number of benzene rings is 1. The minimum atomic E-state index is -2.83. The van der Waals surface area contributed by atoms with E-state index in [9.17, 15) is 13.5 Å². The first-order valence-corrected chi connectivity index (χ1v) is 9.65. The lowest BCUT2D eigenvalue weighted by Gasteiger charge is -2.31. The first kappa shape index (κ1) is 18.2. The van der Waals surface area contributed by atoms with E-state index in [1.807, 2.05) is 31.3 Å². The number of ether oxygens (including phenoxy) is 1. The number of methoxy groups -OCH3 is 1. The van der Waals surface area contributed by atoms with Crippen molar-refractivity contribution in [3.63, 3.8) is 0 Å². The van der Waals surface area contributed by atoms with Gasteiger partial charge in [-0.2, -0.15) is 0 Å². The van der Waals surface area contributed by atoms with Crippen LogP contribution in [0.25, 0.3) is 0 Å². The fourth-order valence-corrected chi connectivity index (χ4v) is 4.03. The van der Waals surface area contributed by atoms with E-state index in [0.717, 1.165) is 24.4 Å². The number of nitrogens with zero attached hydrogens (tertiary/aromatic N) is 2. The molecule has 1 atom stereocenters. The lowest BCUT2D eigenvalue weighted by molar-refractivity contribution is 0.133. The van der Waals surface area contributed by atoms with Crippen LogP contribution in [0.2, 0.25) is 0 Å². The zero-order chi connectivity index (χ0) is 16.9. The summed E-state index contributed by atoms with van der Waals surface area (Å²) >= 11 is 0. The molecule has 0 radical (unpaired) electrons. The quantitative estimate of drug-likeness (QED) is 0.773. The van der Waals surface area contributed by atoms with Gasteiger partial charge in [0.05, 0.1) is 31.3 Å². The predicted molar refractivity (Wildman–Crippen MR) is 90.5 cm³/mol. The molecule has 1 fully saturated rings. The van der Waals surface area contributed by atoms with E-state index in [0.29, 0.717) is 13.1 Å². The van der Waals surface area contributed by atoms with Gasteiger partial charge in [-0.1, -0.05) is 12.1 Å². The molecule has 1 aromatic carbocycles. The predicted octanol–water partition coefficient (Wildman–Crippen LogP) is 0.391. The molecule has 0 bridgehead atoms. The number of hydrogen-bond donors (Lipinski definition) is 1. The van der Waals surface area contributed by atoms with Crippen molar-refractivity contribution in [2.45, 2.75) is 6.04 Å². The maximum Gasteiger partial charge on any atom is 0.152 e. The van der Waals surface area contributed by atoms with Crippen LogP contribution in [0.3, 0.4) is 0 Å². The van der Waals surface area contributed by atoms with E-state index in [2.05, 4.69) is 9.80 Å². The second kappa shape index (κ2) is 8.10. The molecule has 1 heterocycles. The highest BCUT2D eigenvalue weighted by molar-refractivity contribution is 7.91. The Hall–Kier alpha value is -1.15. The van der Waals surface area contributed by atoms with Gasteiger partial charge < -0.3 is 14.7 Å². The Labute approximate surface area is 138 Å². The monoisotopic (exact) mass is 342 g/mol. The van der Waals surface area contributed by atoms with Crippen LogP contribution < -0.4 is 4.74 Å². The topological polar surface area (TPSA) is 70.1 Å². The first-order chi connectivity index (χ1) is 10.9. The van der Waals surface area contributed by atoms with E-state index in [4.69, 9.17) is 4.74 Å². The number of rotatable bonds is 7. The Bertz CT molecular complexity index is 575. The summed E-state index contributed by atoms with van der Waals surface area (Å²) in [5.41, 5.74) is 1.04. The second-order valence-electron chi connectivity index (χ2n) is 5.95. The molecule has 1 N–H and O–H groups in total. The van der Waals surface area contributed by atoms with Crippen molar-refractivity contribution in [3.8, 4) is 5.75 Å². The van der Waals surface area contributed by atoms with Gasteiger partial charge in [-0.3, -0.25) is 4.90 Å². The normalized spacial score (nSPS) is 19.7. The number of sulfone groups is 1. The van der Waals surface area contributed by atoms with Gasteiger partial charge in [0, 0.05) is 26.2 Å². The molecule has 0 spiro atoms. The van der Waals surface area contributed by atoms with Crippen LogP contribution in [-0.4, -0.2) is 81.8 Å². The van der Waals surface area contributed by atoms with Crippen LogP contribution in [0.15, 0.2) is 24.3 Å². The summed E-state index contributed by atoms with van der Waals surface area (Å²) in [5.74, 6) is 1.29. The molecule has 0 aromatic heterocycles. The molecule has 0 aliphatic carbocycles. The third kappa shape index (κ3) is 5.17. The van der Waals surface area contributed by atoms with Crippen molar-refractivity contribution in [1.82, 2.24) is 9.80 Å². The van der Waals surface area contributed by atoms with Gasteiger partial charge in [-0.15, -0.1) is 0 Å². The Kier molecular flexibility index (Phi) is 6.41. The maximum absolute atomic E-state index is 11.4. The highest BCUT2D eigenvalue weighted by Gasteiger charge is 2.22. The summed E-state index contributed by atoms with van der Waals surface area (Å²) in [5, 5.41) is 9.72. The van der Waals surface area contributed by atoms with Crippen LogP contribution in [0, 0.1) is 0 Å². The molecule has 2 rings (SSSR count). The fraction of sp³-hybridized carbons (Fsp3) is 0.625. The fourth-order valence-electron chi connectivity index (χ4n) is 2.75. The molecule has 6 nitrogen and oxygen atoms in total. The first-order valence-electron chi connectivity index (χ1n) is 7.83. The van der Waals surface area contributed by atoms with Gasteiger partial charge in [0.25, 0.3) is 0 Å². The molecular formula is C16H26N2O4S. The largest absolute Gasteiger partial charge is 0.497 e. The van der Waals surface area contributed by atoms with Crippen LogP contribution in [0.1, 0.15) is 11.6 Å². The van der Waals surface area contributed by atoms with Gasteiger partial charge in [0.1, 0.15) is 5.75 Å². The van der Waals surface area contributed by atoms with Gasteiger partial charge in [-0.05, 0) is 24.7 Å². The Morgan fingerprint density at radius 3 is 2.39 bits per heavy atom. The lowest BCUT2D eigenvalue weighted by Crippen LogP contribution is -2.44. The third-order valence-corrected chi connectivity index (χ3v) is 6.02. The number of aliphatic hydroxyl groups excluding tert-OH is 1. The van der Waals surface area contributed by atoms with Crippen molar-refractivity contribution in [3.05, 3.63) is 29.8 Å². The summed E-state index contributed by atoms with van der Waals surface area (Å²) in [7, 11) is 0.774. The molecule has 0 saturated carbocycles. The summed E-state index contributed by atoms with van der Waals surface area (Å²) in [6.07, 6.45) is 0. The summed E-state index contributed by atoms with van der Waals surface area (Å²) in [4.78, 5) is 4.27. The molecular weight excluding hydrogens is 316 g/mol. The van der Waals surface area contributed by atoms with E-state index in [1.165, 1.54) is 0 Å². The Morgan fingerprint density at radius 1 is 1.26 bits per heavy atom. The highest BCUT2D eigenvalue weighted by Crippen LogP contribution is 2.21. The minimum absolute atomic E-state index is 0.0389. The highest BCUT2D eigenvalue weighted by atomic mass is 32.2. The van der Waals surface area contributed by atoms with Crippen molar-refractivity contribution in [2.75, 3.05) is 58.4 Å². The molecule has 1 aliphatic heterocycles. The van der Waals surface area contributed by atoms with Crippen molar-refractivity contribution < 1.29 is 18.3 Å². The smallest absolute Gasteiger partial charge is 0.152 e. The van der Waals surface area contributed by atoms with E-state index in [-0.39, 0.29) is 24.2 Å². The van der Waals surface area contributed by atoms with Crippen molar-refractivity contribution >= 4 is 9.84 Å². The number of hydrogen-bond acceptors (Lipinski definition) is 6. The van der Waals surface area contributed by atoms with Crippen LogP contribution in [0.5, 0.6) is 5.75 Å². The van der Waals surface area contributed by atoms with Crippen LogP contribution in [-0.2, 0) is 9.84 Å². The van der Waals surface area contributed by atoms with Crippen LogP contribution >= 0.6 is 0 Å². The Morgan fingerprint density at radius 2 is 1.87 bits per heavy atom. The maximum atomic E-state index is 11.4. The summed E-state index contributed by atoms with van der Waals surface area (Å²) in [6.45, 7) is 2.82. The molecule has 7 heteroatoms. The summed E-state index contributed by atoms with van der Waals surface area (Å²) in [6, 6.07) is 7.63. The zero-order valence-electron chi connectivity index (χ0n) is 13.8. The van der Waals surface area contributed by atoms with Gasteiger partial charge >= 0.3 is 0 Å². The minimum Gasteiger partial charge on any atom is -0.497 e. The molecule has 0 amide bonds. The van der Waals surface area contributed by atoms with Gasteiger partial charge in [-0.25, -0.2) is 8.42 Å². The van der Waals surface area contributed by atoms with Crippen molar-refractivity contribution in [2.24, 2.45) is 0 Å². The average Bonchev–Trinajstić information content (AvgIpc) is 2.55.